The molecular weight excluding hydrogens is 875 g/mol. The van der Waals surface area contributed by atoms with Crippen molar-refractivity contribution in [3.8, 4) is 0 Å². The first-order chi connectivity index (χ1) is 31.6. The first-order valence-electron chi connectivity index (χ1n) is 23.0. The summed E-state index contributed by atoms with van der Waals surface area (Å²) in [4.78, 5) is 35.8. The number of ether oxygens (including phenoxy) is 2. The van der Waals surface area contributed by atoms with E-state index in [1.54, 1.807) is 42.5 Å². The molecule has 0 bridgehead atoms. The Morgan fingerprint density at radius 3 is 1.73 bits per heavy atom. The van der Waals surface area contributed by atoms with Crippen molar-refractivity contribution < 1.29 is 78.4 Å². The van der Waals surface area contributed by atoms with E-state index in [9.17, 15) is 59.9 Å². The molecular formula is C49H77O16P. The molecule has 0 aromatic rings. The molecule has 0 spiro atoms. The summed E-state index contributed by atoms with van der Waals surface area (Å²) >= 11 is 0. The molecule has 9 N–H and O–H groups in total. The van der Waals surface area contributed by atoms with Gasteiger partial charge in [-0.2, -0.15) is 0 Å². The molecule has 1 aliphatic rings. The highest BCUT2D eigenvalue weighted by atomic mass is 31.2. The number of aliphatic hydroxyl groups is 8. The summed E-state index contributed by atoms with van der Waals surface area (Å²) < 4.78 is 33.3. The van der Waals surface area contributed by atoms with Crippen LogP contribution in [-0.4, -0.2) is 132 Å². The molecule has 0 aliphatic heterocycles. The summed E-state index contributed by atoms with van der Waals surface area (Å²) in [6.07, 6.45) is 26.3. The first-order valence-corrected chi connectivity index (χ1v) is 24.5. The summed E-state index contributed by atoms with van der Waals surface area (Å²) in [5.41, 5.74) is 0. The molecule has 1 aliphatic carbocycles. The van der Waals surface area contributed by atoms with Crippen LogP contribution < -0.4 is 0 Å². The number of allylic oxidation sites excluding steroid dienone is 15. The Hall–Kier alpha value is -3.61. The Labute approximate surface area is 391 Å². The van der Waals surface area contributed by atoms with Crippen LogP contribution in [0, 0.1) is 0 Å². The van der Waals surface area contributed by atoms with E-state index in [2.05, 4.69) is 55.5 Å². The molecule has 1 fully saturated rings. The molecule has 1 rings (SSSR count). The van der Waals surface area contributed by atoms with Gasteiger partial charge < -0.3 is 55.2 Å². The number of hydrogen-bond acceptors (Lipinski definition) is 15. The molecule has 1 saturated carbocycles. The molecule has 374 valence electrons. The molecule has 16 nitrogen and oxygen atoms in total. The number of carbonyl (C=O) groups is 2. The molecule has 0 aromatic heterocycles. The number of phosphoric ester groups is 1. The van der Waals surface area contributed by atoms with Crippen molar-refractivity contribution in [1.29, 1.82) is 0 Å². The average molecular weight is 953 g/mol. The van der Waals surface area contributed by atoms with Gasteiger partial charge in [0.15, 0.2) is 6.10 Å². The molecule has 0 aromatic carbocycles. The minimum absolute atomic E-state index is 0.0127. The normalized spacial score (nSPS) is 23.7. The largest absolute Gasteiger partial charge is 0.472 e. The van der Waals surface area contributed by atoms with Crippen LogP contribution in [0.2, 0.25) is 0 Å². The average Bonchev–Trinajstić information content (AvgIpc) is 3.29. The monoisotopic (exact) mass is 952 g/mol. The lowest BCUT2D eigenvalue weighted by atomic mass is 9.85. The van der Waals surface area contributed by atoms with Gasteiger partial charge >= 0.3 is 19.8 Å². The Morgan fingerprint density at radius 1 is 0.591 bits per heavy atom. The third-order valence-electron chi connectivity index (χ3n) is 9.95. The molecule has 17 heteroatoms. The zero-order valence-corrected chi connectivity index (χ0v) is 39.4. The Balaban J connectivity index is 2.64. The Morgan fingerprint density at radius 2 is 1.11 bits per heavy atom. The van der Waals surface area contributed by atoms with Crippen LogP contribution in [0.15, 0.2) is 109 Å². The van der Waals surface area contributed by atoms with Crippen molar-refractivity contribution in [3.63, 3.8) is 0 Å². The van der Waals surface area contributed by atoms with Gasteiger partial charge in [-0.15, -0.1) is 0 Å². The lowest BCUT2D eigenvalue weighted by Crippen LogP contribution is -2.64. The van der Waals surface area contributed by atoms with Gasteiger partial charge in [-0.25, -0.2) is 4.57 Å². The van der Waals surface area contributed by atoms with Crippen LogP contribution in [0.3, 0.4) is 0 Å². The Kier molecular flexibility index (Phi) is 34.2. The van der Waals surface area contributed by atoms with E-state index in [1.165, 1.54) is 6.08 Å². The summed E-state index contributed by atoms with van der Waals surface area (Å²) in [5, 5.41) is 80.7. The number of unbranched alkanes of at least 4 members (excludes halogenated alkanes) is 4. The second-order valence-corrected chi connectivity index (χ2v) is 17.1. The van der Waals surface area contributed by atoms with E-state index in [4.69, 9.17) is 18.5 Å². The molecule has 0 amide bonds. The predicted octanol–water partition coefficient (Wildman–Crippen LogP) is 5.74. The zero-order valence-electron chi connectivity index (χ0n) is 38.5. The van der Waals surface area contributed by atoms with Crippen LogP contribution in [0.4, 0.5) is 0 Å². The van der Waals surface area contributed by atoms with Crippen molar-refractivity contribution in [1.82, 2.24) is 0 Å². The van der Waals surface area contributed by atoms with E-state index in [0.717, 1.165) is 57.8 Å². The predicted molar refractivity (Wildman–Crippen MR) is 252 cm³/mol. The standard InChI is InChI=1S/C49H77O16P/c1-3-5-7-8-9-10-11-12-13-14-15-16-17-18-19-24-28-34-43(54)64-39(37-63-66(60,61)65-49-47(58)45(56)44(55)46(57)48(49)59)36-62-42(53)35-29-33-41(52)40(51)32-27-23-21-20-22-26-31-38(50)30-25-6-4-2/h5-7,9-10,12-13,15-16,20-23,25-27,31-32,38-41,44-52,55-59H,3-4,8,11,14,17-19,24,28-30,33-37H2,1-2H3,(H,60,61)/b7-5-,10-9-,13-12-,16-15-,22-20+,23-21-,25-6-,31-26+,32-27-/t38-,39-,40+,41+,44?,45-,46+,47-,48-,49?/m1/s1. The fourth-order valence-electron chi connectivity index (χ4n) is 6.15. The third kappa shape index (κ3) is 29.2. The van der Waals surface area contributed by atoms with Gasteiger partial charge in [0, 0.05) is 12.8 Å². The summed E-state index contributed by atoms with van der Waals surface area (Å²) in [6, 6.07) is 0. The number of aliphatic hydroxyl groups excluding tert-OH is 8. The van der Waals surface area contributed by atoms with E-state index >= 15 is 0 Å². The van der Waals surface area contributed by atoms with Gasteiger partial charge in [-0.3, -0.25) is 18.6 Å². The van der Waals surface area contributed by atoms with E-state index in [0.29, 0.717) is 12.8 Å². The van der Waals surface area contributed by atoms with Gasteiger partial charge in [0.25, 0.3) is 0 Å². The topological polar surface area (TPSA) is 270 Å². The maximum absolute atomic E-state index is 12.8. The van der Waals surface area contributed by atoms with Crippen LogP contribution in [-0.2, 0) is 32.7 Å². The van der Waals surface area contributed by atoms with Crippen LogP contribution >= 0.6 is 7.82 Å². The lowest BCUT2D eigenvalue weighted by Gasteiger charge is -2.41. The van der Waals surface area contributed by atoms with Gasteiger partial charge in [0.2, 0.25) is 0 Å². The lowest BCUT2D eigenvalue weighted by molar-refractivity contribution is -0.220. The maximum Gasteiger partial charge on any atom is 0.472 e. The van der Waals surface area contributed by atoms with Crippen molar-refractivity contribution in [2.24, 2.45) is 0 Å². The highest BCUT2D eigenvalue weighted by Gasteiger charge is 2.51. The molecule has 0 heterocycles. The summed E-state index contributed by atoms with van der Waals surface area (Å²) in [7, 11) is -5.22. The maximum atomic E-state index is 12.8. The Bertz CT molecular complexity index is 1620. The van der Waals surface area contributed by atoms with E-state index < -0.39 is 94.0 Å². The smallest absolute Gasteiger partial charge is 0.462 e. The number of esters is 2. The minimum Gasteiger partial charge on any atom is -0.462 e. The number of carbonyl (C=O) groups excluding carboxylic acids is 2. The van der Waals surface area contributed by atoms with Crippen LogP contribution in [0.1, 0.15) is 110 Å². The number of phosphoric acid groups is 1. The highest BCUT2D eigenvalue weighted by Crippen LogP contribution is 2.47. The van der Waals surface area contributed by atoms with Crippen LogP contribution in [0.25, 0.3) is 0 Å². The number of hydrogen-bond donors (Lipinski definition) is 9. The third-order valence-corrected chi connectivity index (χ3v) is 10.9. The summed E-state index contributed by atoms with van der Waals surface area (Å²) in [6.45, 7) is 2.66. The van der Waals surface area contributed by atoms with Gasteiger partial charge in [-0.1, -0.05) is 136 Å². The van der Waals surface area contributed by atoms with Gasteiger partial charge in [0.1, 0.15) is 43.2 Å². The van der Waals surface area contributed by atoms with E-state index in [1.807, 2.05) is 19.1 Å². The highest BCUT2D eigenvalue weighted by molar-refractivity contribution is 7.47. The van der Waals surface area contributed by atoms with Crippen molar-refractivity contribution in [2.75, 3.05) is 13.2 Å². The fraction of sp³-hybridized carbons (Fsp3) is 0.592. The summed E-state index contributed by atoms with van der Waals surface area (Å²) in [5.74, 6) is -1.47. The number of rotatable bonds is 35. The van der Waals surface area contributed by atoms with Crippen LogP contribution in [0.5, 0.6) is 0 Å². The first kappa shape index (κ1) is 60.4. The molecule has 11 atom stereocenters. The molecule has 3 unspecified atom stereocenters. The molecule has 66 heavy (non-hydrogen) atoms. The SMILES string of the molecule is CC/C=C\C/C=C\C/C=C\C/C=C\CCCCCCC(=O)O[C@H](COC(=O)CCC[C@H](O)[C@@H](O)\C=C/C=C\C=C\C=C\[C@H](O)C/C=C\CC)COP(=O)(O)OC1[C@H](O)[C@H](O)C(O)[C@H](O)[C@H]1O. The van der Waals surface area contributed by atoms with Crippen molar-refractivity contribution >= 4 is 19.8 Å². The minimum atomic E-state index is -5.22. The van der Waals surface area contributed by atoms with Gasteiger partial charge in [-0.05, 0) is 70.6 Å². The van der Waals surface area contributed by atoms with Gasteiger partial charge in [0.05, 0.1) is 24.9 Å². The fourth-order valence-corrected chi connectivity index (χ4v) is 7.12. The molecule has 0 radical (unpaired) electrons. The second-order valence-electron chi connectivity index (χ2n) is 15.7. The molecule has 0 saturated heterocycles. The quantitative estimate of drug-likeness (QED) is 0.0120. The van der Waals surface area contributed by atoms with E-state index in [-0.39, 0.29) is 25.7 Å². The van der Waals surface area contributed by atoms with Crippen molar-refractivity contribution in [2.45, 2.75) is 171 Å². The van der Waals surface area contributed by atoms with Crippen molar-refractivity contribution in [3.05, 3.63) is 109 Å². The second kappa shape index (κ2) is 37.4. The zero-order chi connectivity index (χ0) is 49.0.